The largest absolute Gasteiger partial charge is 0.478 e. The lowest BCUT2D eigenvalue weighted by atomic mass is 10.2. The summed E-state index contributed by atoms with van der Waals surface area (Å²) in [6.07, 6.45) is 5.64. The molecule has 0 saturated heterocycles. The Kier molecular flexibility index (Phi) is 8.28. The summed E-state index contributed by atoms with van der Waals surface area (Å²) in [4.78, 5) is 0. The summed E-state index contributed by atoms with van der Waals surface area (Å²) in [6.45, 7) is 4.17. The quantitative estimate of drug-likeness (QED) is 0.398. The fourth-order valence-electron chi connectivity index (χ4n) is 4.14. The first-order chi connectivity index (χ1) is 17.8. The van der Waals surface area contributed by atoms with Gasteiger partial charge in [0.1, 0.15) is 6.61 Å². The number of hydrogen-bond acceptors (Lipinski definition) is 6. The van der Waals surface area contributed by atoms with Crippen LogP contribution in [0.5, 0.6) is 11.8 Å². The van der Waals surface area contributed by atoms with E-state index in [1.54, 1.807) is 12.4 Å². The lowest BCUT2D eigenvalue weighted by Crippen LogP contribution is -2.20. The topological polar surface area (TPSA) is 72.6 Å². The molecule has 8 heteroatoms. The van der Waals surface area contributed by atoms with Crippen LogP contribution < -0.4 is 9.47 Å². The van der Waals surface area contributed by atoms with Gasteiger partial charge in [0.25, 0.3) is 0 Å². The molecule has 2 aromatic carbocycles. The first-order valence-corrected chi connectivity index (χ1v) is 12.4. The van der Waals surface area contributed by atoms with E-state index in [9.17, 15) is 0 Å². The van der Waals surface area contributed by atoms with E-state index in [-0.39, 0.29) is 12.2 Å². The van der Waals surface area contributed by atoms with Crippen molar-refractivity contribution >= 4 is 0 Å². The summed E-state index contributed by atoms with van der Waals surface area (Å²) in [5.74, 6) is 1.67. The van der Waals surface area contributed by atoms with Crippen LogP contribution in [0.1, 0.15) is 24.0 Å². The van der Waals surface area contributed by atoms with E-state index in [1.165, 1.54) is 11.1 Å². The summed E-state index contributed by atoms with van der Waals surface area (Å²) in [5, 5.41) is 8.44. The van der Waals surface area contributed by atoms with Crippen LogP contribution in [0.3, 0.4) is 0 Å². The highest BCUT2D eigenvalue weighted by atomic mass is 16.5. The highest BCUT2D eigenvalue weighted by Gasteiger charge is 2.19. The van der Waals surface area contributed by atoms with Gasteiger partial charge in [0, 0.05) is 25.1 Å². The van der Waals surface area contributed by atoms with Gasteiger partial charge in [-0.1, -0.05) is 60.7 Å². The number of ether oxygens (including phenoxy) is 4. The number of hydrogen-bond donors (Lipinski definition) is 0. The van der Waals surface area contributed by atoms with Crippen LogP contribution in [0.2, 0.25) is 0 Å². The van der Waals surface area contributed by atoms with E-state index in [0.29, 0.717) is 26.4 Å². The molecule has 4 aromatic rings. The summed E-state index contributed by atoms with van der Waals surface area (Å²) >= 11 is 0. The zero-order valence-corrected chi connectivity index (χ0v) is 20.3. The van der Waals surface area contributed by atoms with Crippen molar-refractivity contribution < 1.29 is 18.9 Å². The van der Waals surface area contributed by atoms with Crippen molar-refractivity contribution in [2.75, 3.05) is 13.2 Å². The minimum atomic E-state index is 0.131. The maximum Gasteiger partial charge on any atom is 0.211 e. The Morgan fingerprint density at radius 2 is 1.31 bits per heavy atom. The third-order valence-electron chi connectivity index (χ3n) is 6.16. The predicted octanol–water partition coefficient (Wildman–Crippen LogP) is 4.50. The van der Waals surface area contributed by atoms with Crippen LogP contribution in [-0.4, -0.2) is 45.0 Å². The van der Waals surface area contributed by atoms with Crippen LogP contribution in [0, 0.1) is 0 Å². The third-order valence-corrected chi connectivity index (χ3v) is 6.16. The molecule has 2 unspecified atom stereocenters. The van der Waals surface area contributed by atoms with Gasteiger partial charge in [0.05, 0.1) is 51.0 Å². The summed E-state index contributed by atoms with van der Waals surface area (Å²) in [6, 6.07) is 24.2. The molecule has 0 spiro atoms. The molecule has 0 saturated carbocycles. The molecule has 4 heterocycles. The molecule has 0 fully saturated rings. The van der Waals surface area contributed by atoms with Gasteiger partial charge in [-0.25, -0.2) is 9.36 Å². The van der Waals surface area contributed by atoms with E-state index in [1.807, 2.05) is 57.9 Å². The van der Waals surface area contributed by atoms with Gasteiger partial charge in [-0.05, 0) is 17.5 Å². The number of nitrogens with zero attached hydrogens (tertiary/aromatic N) is 4. The average Bonchev–Trinajstić information content (AvgIpc) is 3.47. The second kappa shape index (κ2) is 12.4. The highest BCUT2D eigenvalue weighted by Crippen LogP contribution is 2.19. The molecule has 2 atom stereocenters. The Balaban J connectivity index is 0.000000148. The van der Waals surface area contributed by atoms with Crippen LogP contribution in [0.15, 0.2) is 85.2 Å². The first kappa shape index (κ1) is 24.1. The average molecular weight is 489 g/mol. The standard InChI is InChI=1S/2C14H16N2O2/c1-2-4-12(5-3-1)11-18-13-7-9-17-14-6-8-15-16(14)10-13;1-2-4-12(5-3-1)10-17-13-7-9-16-14(18-11-13)6-8-15-16/h2*1-6,8,13H,7,9-11H2. The van der Waals surface area contributed by atoms with Gasteiger partial charge in [0.2, 0.25) is 11.8 Å². The highest BCUT2D eigenvalue weighted by molar-refractivity contribution is 5.14. The number of benzene rings is 2. The molecule has 0 N–H and O–H groups in total. The van der Waals surface area contributed by atoms with Gasteiger partial charge >= 0.3 is 0 Å². The molecule has 0 radical (unpaired) electrons. The molecule has 6 rings (SSSR count). The normalized spacial score (nSPS) is 18.8. The van der Waals surface area contributed by atoms with Gasteiger partial charge in [-0.2, -0.15) is 10.2 Å². The van der Waals surface area contributed by atoms with E-state index in [0.717, 1.165) is 37.7 Å². The first-order valence-electron chi connectivity index (χ1n) is 12.4. The Labute approximate surface area is 211 Å². The molecule has 0 aliphatic carbocycles. The minimum absolute atomic E-state index is 0.131. The fraction of sp³-hybridized carbons (Fsp3) is 0.357. The van der Waals surface area contributed by atoms with E-state index < -0.39 is 0 Å². The van der Waals surface area contributed by atoms with Gasteiger partial charge in [-0.15, -0.1) is 0 Å². The molecule has 188 valence electrons. The summed E-state index contributed by atoms with van der Waals surface area (Å²) in [7, 11) is 0. The monoisotopic (exact) mass is 488 g/mol. The van der Waals surface area contributed by atoms with E-state index in [2.05, 4.69) is 34.5 Å². The maximum atomic E-state index is 5.93. The van der Waals surface area contributed by atoms with Gasteiger partial charge in [0.15, 0.2) is 0 Å². The number of rotatable bonds is 6. The van der Waals surface area contributed by atoms with E-state index >= 15 is 0 Å². The van der Waals surface area contributed by atoms with E-state index in [4.69, 9.17) is 18.9 Å². The predicted molar refractivity (Wildman–Crippen MR) is 135 cm³/mol. The molecule has 0 amide bonds. The Morgan fingerprint density at radius 3 is 2.00 bits per heavy atom. The Bertz CT molecular complexity index is 1160. The summed E-state index contributed by atoms with van der Waals surface area (Å²) in [5.41, 5.74) is 2.39. The smallest absolute Gasteiger partial charge is 0.211 e. The van der Waals surface area contributed by atoms with Crippen LogP contribution in [-0.2, 0) is 35.8 Å². The van der Waals surface area contributed by atoms with Crippen LogP contribution >= 0.6 is 0 Å². The lowest BCUT2D eigenvalue weighted by Gasteiger charge is -2.14. The molecule has 2 aliphatic heterocycles. The van der Waals surface area contributed by atoms with Gasteiger partial charge < -0.3 is 18.9 Å². The van der Waals surface area contributed by atoms with Crippen molar-refractivity contribution in [1.82, 2.24) is 19.6 Å². The molecule has 36 heavy (non-hydrogen) atoms. The molecule has 0 bridgehead atoms. The van der Waals surface area contributed by atoms with Crippen molar-refractivity contribution in [3.63, 3.8) is 0 Å². The molecular formula is C28H32N4O4. The molecular weight excluding hydrogens is 456 g/mol. The van der Waals surface area contributed by atoms with Gasteiger partial charge in [-0.3, -0.25) is 0 Å². The second-order valence-corrected chi connectivity index (χ2v) is 8.82. The second-order valence-electron chi connectivity index (χ2n) is 8.82. The molecule has 2 aromatic heterocycles. The van der Waals surface area contributed by atoms with Crippen molar-refractivity contribution in [3.8, 4) is 11.8 Å². The summed E-state index contributed by atoms with van der Waals surface area (Å²) < 4.78 is 26.8. The van der Waals surface area contributed by atoms with Crippen molar-refractivity contribution in [1.29, 1.82) is 0 Å². The Hall–Kier alpha value is -3.62. The van der Waals surface area contributed by atoms with Crippen molar-refractivity contribution in [2.24, 2.45) is 0 Å². The number of aromatic nitrogens is 4. The number of aryl methyl sites for hydroxylation is 1. The third kappa shape index (κ3) is 6.74. The molecule has 8 nitrogen and oxygen atoms in total. The maximum absolute atomic E-state index is 5.93. The van der Waals surface area contributed by atoms with Crippen molar-refractivity contribution in [2.45, 2.75) is 51.4 Å². The Morgan fingerprint density at radius 1 is 0.694 bits per heavy atom. The van der Waals surface area contributed by atoms with Crippen molar-refractivity contribution in [3.05, 3.63) is 96.3 Å². The van der Waals surface area contributed by atoms with Crippen LogP contribution in [0.25, 0.3) is 0 Å². The zero-order chi connectivity index (χ0) is 24.4. The zero-order valence-electron chi connectivity index (χ0n) is 20.3. The molecule has 2 aliphatic rings. The SMILES string of the molecule is c1ccc(COC2CCOc3ccnn3C2)cc1.c1ccc(COC2CCn3nccc3OC2)cc1. The number of fused-ring (bicyclic) bond motifs is 2. The lowest BCUT2D eigenvalue weighted by molar-refractivity contribution is 0.00860. The van der Waals surface area contributed by atoms with Crippen LogP contribution in [0.4, 0.5) is 0 Å². The minimum Gasteiger partial charge on any atom is -0.478 e. The fourth-order valence-corrected chi connectivity index (χ4v) is 4.14.